The number of fused-ring (bicyclic) bond motifs is 2. The van der Waals surface area contributed by atoms with Crippen LogP contribution in [0.4, 0.5) is 11.6 Å². The highest BCUT2D eigenvalue weighted by molar-refractivity contribution is 7.17. The first kappa shape index (κ1) is 19.2. The van der Waals surface area contributed by atoms with Crippen LogP contribution in [0.2, 0.25) is 0 Å². The van der Waals surface area contributed by atoms with Gasteiger partial charge in [0.05, 0.1) is 27.6 Å². The van der Waals surface area contributed by atoms with E-state index >= 15 is 0 Å². The number of para-hydroxylation sites is 1. The highest BCUT2D eigenvalue weighted by atomic mass is 32.1. The molecule has 4 aromatic rings. The van der Waals surface area contributed by atoms with Gasteiger partial charge in [0.2, 0.25) is 5.95 Å². The zero-order valence-corrected chi connectivity index (χ0v) is 17.3. The van der Waals surface area contributed by atoms with E-state index in [1.54, 1.807) is 12.4 Å². The molecule has 5 rings (SSSR count). The van der Waals surface area contributed by atoms with Gasteiger partial charge in [-0.2, -0.15) is 0 Å². The average molecular weight is 421 g/mol. The molecule has 0 aliphatic heterocycles. The van der Waals surface area contributed by atoms with E-state index in [4.69, 9.17) is 10.7 Å². The van der Waals surface area contributed by atoms with Crippen LogP contribution in [0.5, 0.6) is 0 Å². The molecule has 7 nitrogen and oxygen atoms in total. The van der Waals surface area contributed by atoms with E-state index in [0.717, 1.165) is 45.2 Å². The average Bonchev–Trinajstić information content (AvgIpc) is 3.19. The lowest BCUT2D eigenvalue weighted by Gasteiger charge is -2.29. The van der Waals surface area contributed by atoms with Crippen molar-refractivity contribution in [1.82, 2.24) is 15.0 Å². The summed E-state index contributed by atoms with van der Waals surface area (Å²) in [7, 11) is 0. The lowest BCUT2D eigenvalue weighted by atomic mass is 9.91. The van der Waals surface area contributed by atoms with E-state index in [1.165, 1.54) is 24.2 Å². The third kappa shape index (κ3) is 3.69. The molecule has 3 aromatic heterocycles. The van der Waals surface area contributed by atoms with E-state index in [9.17, 15) is 5.11 Å². The molecule has 3 atom stereocenters. The normalized spacial score (nSPS) is 20.3. The number of thiophene rings is 1. The Morgan fingerprint density at radius 3 is 2.87 bits per heavy atom. The molecule has 0 amide bonds. The third-order valence-electron chi connectivity index (χ3n) is 5.69. The quantitative estimate of drug-likeness (QED) is 0.361. The summed E-state index contributed by atoms with van der Waals surface area (Å²) in [6.45, 7) is 0. The highest BCUT2D eigenvalue weighted by Crippen LogP contribution is 2.32. The van der Waals surface area contributed by atoms with E-state index in [-0.39, 0.29) is 12.1 Å². The van der Waals surface area contributed by atoms with Gasteiger partial charge < -0.3 is 21.5 Å². The first-order chi connectivity index (χ1) is 14.7. The Kier molecular flexibility index (Phi) is 5.20. The summed E-state index contributed by atoms with van der Waals surface area (Å²) < 4.78 is 0.931. The Bertz CT molecular complexity index is 1170. The van der Waals surface area contributed by atoms with Crippen LogP contribution >= 0.6 is 11.3 Å². The van der Waals surface area contributed by atoms with Crippen LogP contribution in [-0.4, -0.2) is 32.1 Å². The van der Waals surface area contributed by atoms with Gasteiger partial charge in [-0.15, -0.1) is 11.3 Å². The molecular weight excluding hydrogens is 396 g/mol. The van der Waals surface area contributed by atoms with Gasteiger partial charge in [-0.25, -0.2) is 9.97 Å². The van der Waals surface area contributed by atoms with Crippen LogP contribution in [0.3, 0.4) is 0 Å². The monoisotopic (exact) mass is 420 g/mol. The number of hydrogen-bond donors (Lipinski definition) is 4. The van der Waals surface area contributed by atoms with Gasteiger partial charge in [0.15, 0.2) is 6.23 Å². The van der Waals surface area contributed by atoms with Crippen LogP contribution in [-0.2, 0) is 0 Å². The molecule has 1 aromatic carbocycles. The molecule has 5 N–H and O–H groups in total. The lowest BCUT2D eigenvalue weighted by Crippen LogP contribution is -2.42. The fraction of sp³-hybridized carbons (Fsp3) is 0.318. The van der Waals surface area contributed by atoms with Gasteiger partial charge >= 0.3 is 0 Å². The number of rotatable bonds is 5. The van der Waals surface area contributed by atoms with Crippen molar-refractivity contribution >= 4 is 44.1 Å². The third-order valence-corrected chi connectivity index (χ3v) is 6.62. The van der Waals surface area contributed by atoms with Crippen molar-refractivity contribution in [3.05, 3.63) is 53.7 Å². The van der Waals surface area contributed by atoms with Crippen LogP contribution < -0.4 is 16.4 Å². The van der Waals surface area contributed by atoms with E-state index in [2.05, 4.69) is 20.6 Å². The van der Waals surface area contributed by atoms with Crippen LogP contribution in [0, 0.1) is 0 Å². The minimum absolute atomic E-state index is 0.117. The minimum Gasteiger partial charge on any atom is -0.369 e. The molecule has 1 saturated carbocycles. The summed E-state index contributed by atoms with van der Waals surface area (Å²) in [5, 5.41) is 20.5. The van der Waals surface area contributed by atoms with E-state index < -0.39 is 6.23 Å². The topological polar surface area (TPSA) is 109 Å². The Morgan fingerprint density at radius 2 is 1.97 bits per heavy atom. The van der Waals surface area contributed by atoms with Crippen LogP contribution in [0.1, 0.15) is 37.5 Å². The maximum absolute atomic E-state index is 10.9. The van der Waals surface area contributed by atoms with Crippen molar-refractivity contribution < 1.29 is 5.11 Å². The molecule has 0 radical (unpaired) electrons. The number of aliphatic hydroxyl groups is 1. The van der Waals surface area contributed by atoms with Crippen molar-refractivity contribution in [3.8, 4) is 0 Å². The summed E-state index contributed by atoms with van der Waals surface area (Å²) in [6.07, 6.45) is 7.03. The van der Waals surface area contributed by atoms with Gasteiger partial charge in [0, 0.05) is 34.6 Å². The van der Waals surface area contributed by atoms with E-state index in [1.807, 2.05) is 35.7 Å². The molecule has 0 bridgehead atoms. The summed E-state index contributed by atoms with van der Waals surface area (Å²) in [6, 6.07) is 10.1. The molecule has 1 fully saturated rings. The summed E-state index contributed by atoms with van der Waals surface area (Å²) in [5.41, 5.74) is 9.33. The Hall–Kier alpha value is -2.81. The Labute approximate surface area is 178 Å². The van der Waals surface area contributed by atoms with E-state index in [0.29, 0.717) is 5.95 Å². The summed E-state index contributed by atoms with van der Waals surface area (Å²) >= 11 is 1.52. The zero-order valence-electron chi connectivity index (χ0n) is 16.5. The number of benzene rings is 1. The van der Waals surface area contributed by atoms with Gasteiger partial charge in [0.25, 0.3) is 0 Å². The predicted octanol–water partition coefficient (Wildman–Crippen LogP) is 4.02. The second-order valence-corrected chi connectivity index (χ2v) is 8.64. The van der Waals surface area contributed by atoms with Crippen molar-refractivity contribution in [2.24, 2.45) is 5.73 Å². The van der Waals surface area contributed by atoms with Crippen LogP contribution in [0.25, 0.3) is 21.1 Å². The minimum atomic E-state index is -0.911. The van der Waals surface area contributed by atoms with Gasteiger partial charge in [0.1, 0.15) is 0 Å². The molecule has 1 aliphatic rings. The predicted molar refractivity (Wildman–Crippen MR) is 122 cm³/mol. The molecule has 0 spiro atoms. The van der Waals surface area contributed by atoms with Gasteiger partial charge in [-0.3, -0.25) is 4.98 Å². The molecule has 1 unspecified atom stereocenters. The van der Waals surface area contributed by atoms with Crippen molar-refractivity contribution in [1.29, 1.82) is 0 Å². The number of nitrogens with two attached hydrogens (primary N) is 1. The molecule has 3 heterocycles. The number of nitrogens with zero attached hydrogens (tertiary/aromatic N) is 3. The number of anilines is 2. The fourth-order valence-corrected chi connectivity index (χ4v) is 4.94. The first-order valence-electron chi connectivity index (χ1n) is 10.2. The van der Waals surface area contributed by atoms with Crippen molar-refractivity contribution in [2.45, 2.75) is 44.0 Å². The number of aliphatic hydroxyl groups excluding tert-OH is 1. The summed E-state index contributed by atoms with van der Waals surface area (Å²) in [5.74, 6) is 0.559. The van der Waals surface area contributed by atoms with Gasteiger partial charge in [-0.05, 0) is 25.0 Å². The molecule has 0 saturated heterocycles. The molecule has 1 aliphatic carbocycles. The number of hydrogen-bond acceptors (Lipinski definition) is 8. The lowest BCUT2D eigenvalue weighted by molar-refractivity contribution is 0.210. The largest absolute Gasteiger partial charge is 0.369 e. The summed E-state index contributed by atoms with van der Waals surface area (Å²) in [4.78, 5) is 13.6. The maximum Gasteiger partial charge on any atom is 0.223 e. The SMILES string of the molecule is N[C@H]1CCCC[C@H]1Nc1ncc2scc(C(O)Nc3cccc4cccnc34)c2n1. The second-order valence-electron chi connectivity index (χ2n) is 7.72. The molecule has 30 heavy (non-hydrogen) atoms. The van der Waals surface area contributed by atoms with Crippen molar-refractivity contribution in [3.63, 3.8) is 0 Å². The fourth-order valence-electron chi connectivity index (χ4n) is 4.06. The second kappa shape index (κ2) is 8.14. The molecular formula is C22H24N6OS. The molecule has 154 valence electrons. The Balaban J connectivity index is 1.42. The number of aromatic nitrogens is 3. The number of nitrogens with one attached hydrogen (secondary N) is 2. The smallest absolute Gasteiger partial charge is 0.223 e. The molecule has 8 heteroatoms. The number of pyridine rings is 1. The zero-order chi connectivity index (χ0) is 20.5. The Morgan fingerprint density at radius 1 is 1.10 bits per heavy atom. The standard InChI is InChI=1S/C22H24N6OS/c23-15-7-1-2-8-16(15)27-22-25-11-18-20(28-22)14(12-30-18)21(29)26-17-9-3-5-13-6-4-10-24-19(13)17/h3-6,9-12,15-16,21,26,29H,1-2,7-8,23H2,(H,25,27,28)/t15-,16+,21?/m0/s1. The first-order valence-corrected chi connectivity index (χ1v) is 11.1. The van der Waals surface area contributed by atoms with Crippen LogP contribution in [0.15, 0.2) is 48.1 Å². The highest BCUT2D eigenvalue weighted by Gasteiger charge is 2.23. The van der Waals surface area contributed by atoms with Gasteiger partial charge in [-0.1, -0.05) is 31.0 Å². The maximum atomic E-state index is 10.9. The van der Waals surface area contributed by atoms with Crippen molar-refractivity contribution in [2.75, 3.05) is 10.6 Å².